The minimum absolute atomic E-state index is 0.00742. The maximum atomic E-state index is 13.5. The number of cyclic esters (lactones) is 1. The van der Waals surface area contributed by atoms with Gasteiger partial charge in [0.25, 0.3) is 0 Å². The number of aryl methyl sites for hydroxylation is 1. The van der Waals surface area contributed by atoms with E-state index >= 15 is 0 Å². The highest BCUT2D eigenvalue weighted by Gasteiger charge is 2.41. The van der Waals surface area contributed by atoms with E-state index in [-0.39, 0.29) is 51.0 Å². The number of benzene rings is 2. The number of amides is 7. The van der Waals surface area contributed by atoms with Crippen molar-refractivity contribution in [2.45, 2.75) is 90.4 Å². The molecule has 5 rings (SSSR count). The van der Waals surface area contributed by atoms with Crippen LogP contribution in [-0.4, -0.2) is 159 Å². The minimum Gasteiger partial charge on any atom is -0.465 e. The van der Waals surface area contributed by atoms with Crippen molar-refractivity contribution in [2.75, 3.05) is 72.9 Å². The number of carbonyl (C=O) groups is 8. The molecular formula is C44H66N8O10. The van der Waals surface area contributed by atoms with Crippen molar-refractivity contribution in [1.82, 2.24) is 35.6 Å². The van der Waals surface area contributed by atoms with Crippen LogP contribution in [-0.2, 0) is 43.0 Å². The first-order valence-corrected chi connectivity index (χ1v) is 21.1. The number of hydrogen-bond acceptors (Lipinski definition) is 11. The van der Waals surface area contributed by atoms with Crippen LogP contribution in [0.2, 0.25) is 0 Å². The first-order chi connectivity index (χ1) is 29.6. The Labute approximate surface area is 365 Å². The number of esters is 2. The van der Waals surface area contributed by atoms with Crippen LogP contribution in [0.5, 0.6) is 0 Å². The van der Waals surface area contributed by atoms with E-state index in [0.717, 1.165) is 0 Å². The zero-order valence-corrected chi connectivity index (χ0v) is 37.4. The number of anilines is 1. The summed E-state index contributed by atoms with van der Waals surface area (Å²) in [6.45, 7) is 8.12. The summed E-state index contributed by atoms with van der Waals surface area (Å²) in [5, 5.41) is 10.1. The molecule has 7 amide bonds. The van der Waals surface area contributed by atoms with Crippen LogP contribution in [0.3, 0.4) is 0 Å². The van der Waals surface area contributed by atoms with Gasteiger partial charge >= 0.3 is 18.0 Å². The number of urea groups is 1. The molecule has 3 aliphatic rings. The van der Waals surface area contributed by atoms with Crippen LogP contribution < -0.4 is 21.3 Å². The third kappa shape index (κ3) is 17.5. The Balaban J connectivity index is 0.000000447. The molecule has 0 bridgehead atoms. The minimum atomic E-state index is -1.05. The second kappa shape index (κ2) is 27.7. The number of nitrogens with one attached hydrogen (secondary N) is 4. The number of likely N-dealkylation sites (N-methyl/N-ethyl adjacent to an activating group) is 3. The van der Waals surface area contributed by atoms with Crippen molar-refractivity contribution in [2.24, 2.45) is 0 Å². The summed E-state index contributed by atoms with van der Waals surface area (Å²) in [6.07, 6.45) is 2.03. The molecule has 3 fully saturated rings. The maximum Gasteiger partial charge on any atom is 0.328 e. The van der Waals surface area contributed by atoms with E-state index in [2.05, 4.69) is 40.3 Å². The average Bonchev–Trinajstić information content (AvgIpc) is 3.96. The van der Waals surface area contributed by atoms with Crippen molar-refractivity contribution < 1.29 is 47.8 Å². The molecule has 4 N–H and O–H groups in total. The van der Waals surface area contributed by atoms with Crippen molar-refractivity contribution >= 4 is 53.2 Å². The Kier molecular flexibility index (Phi) is 23.3. The van der Waals surface area contributed by atoms with Crippen molar-refractivity contribution in [3.8, 4) is 0 Å². The molecule has 0 saturated carbocycles. The van der Waals surface area contributed by atoms with Gasteiger partial charge < -0.3 is 45.4 Å². The molecular weight excluding hydrogens is 801 g/mol. The van der Waals surface area contributed by atoms with E-state index in [4.69, 9.17) is 9.47 Å². The zero-order valence-electron chi connectivity index (χ0n) is 37.4. The summed E-state index contributed by atoms with van der Waals surface area (Å²) < 4.78 is 10.6. The first kappa shape index (κ1) is 52.1. The second-order valence-corrected chi connectivity index (χ2v) is 14.8. The monoisotopic (exact) mass is 866 g/mol. The predicted molar refractivity (Wildman–Crippen MR) is 233 cm³/mol. The second-order valence-electron chi connectivity index (χ2n) is 14.8. The molecule has 0 aliphatic carbocycles. The van der Waals surface area contributed by atoms with E-state index < -0.39 is 59.9 Å². The van der Waals surface area contributed by atoms with Gasteiger partial charge in [-0.05, 0) is 65.8 Å². The van der Waals surface area contributed by atoms with Gasteiger partial charge in [0, 0.05) is 39.3 Å². The fourth-order valence-electron chi connectivity index (χ4n) is 6.65. The van der Waals surface area contributed by atoms with E-state index in [1.165, 1.54) is 41.3 Å². The number of fused-ring (bicyclic) bond motifs is 2. The largest absolute Gasteiger partial charge is 0.465 e. The van der Waals surface area contributed by atoms with Gasteiger partial charge in [-0.25, -0.2) is 9.59 Å². The number of hydrogen-bond donors (Lipinski definition) is 4. The molecule has 342 valence electrons. The quantitative estimate of drug-likeness (QED) is 0.283. The van der Waals surface area contributed by atoms with Gasteiger partial charge in [-0.1, -0.05) is 67.9 Å². The van der Waals surface area contributed by atoms with Crippen molar-refractivity contribution in [1.29, 1.82) is 0 Å². The Morgan fingerprint density at radius 2 is 1.47 bits per heavy atom. The molecule has 0 radical (unpaired) electrons. The number of rotatable bonds is 8. The normalized spacial score (nSPS) is 20.3. The van der Waals surface area contributed by atoms with Crippen LogP contribution >= 0.6 is 0 Å². The van der Waals surface area contributed by atoms with Gasteiger partial charge in [0.15, 0.2) is 0 Å². The molecule has 62 heavy (non-hydrogen) atoms. The van der Waals surface area contributed by atoms with Gasteiger partial charge in [0.05, 0.1) is 26.1 Å². The van der Waals surface area contributed by atoms with Crippen LogP contribution in [0.15, 0.2) is 60.7 Å². The van der Waals surface area contributed by atoms with Gasteiger partial charge in [0.1, 0.15) is 30.8 Å². The number of ether oxygens (including phenoxy) is 2. The van der Waals surface area contributed by atoms with E-state index in [0.29, 0.717) is 44.5 Å². The SMILES string of the molecule is CC.CC1NC(=O)C(CCOC(=O)CN(C)C)N(C)C(=O)C2CCCN2C(=O)CCOC(=O)C2CCCN2C1=O.CNC(=O)CNC(=O)Nc1ccccc1.Cc1ccccc1. The lowest BCUT2D eigenvalue weighted by atomic mass is 10.1. The van der Waals surface area contributed by atoms with Crippen LogP contribution in [0.4, 0.5) is 10.5 Å². The van der Waals surface area contributed by atoms with Crippen LogP contribution in [0.25, 0.3) is 0 Å². The van der Waals surface area contributed by atoms with Crippen molar-refractivity contribution in [3.05, 3.63) is 66.2 Å². The maximum absolute atomic E-state index is 13.5. The molecule has 0 spiro atoms. The van der Waals surface area contributed by atoms with E-state index in [1.807, 2.05) is 50.2 Å². The smallest absolute Gasteiger partial charge is 0.328 e. The van der Waals surface area contributed by atoms with Gasteiger partial charge in [-0.15, -0.1) is 0 Å². The highest BCUT2D eigenvalue weighted by atomic mass is 16.5. The lowest BCUT2D eigenvalue weighted by molar-refractivity contribution is -0.156. The lowest BCUT2D eigenvalue weighted by Crippen LogP contribution is -2.57. The third-order valence-electron chi connectivity index (χ3n) is 9.83. The predicted octanol–water partition coefficient (Wildman–Crippen LogP) is 2.32. The summed E-state index contributed by atoms with van der Waals surface area (Å²) in [6, 6.07) is 15.3. The van der Waals surface area contributed by atoms with Gasteiger partial charge in [0.2, 0.25) is 29.5 Å². The van der Waals surface area contributed by atoms with Crippen molar-refractivity contribution in [3.63, 3.8) is 0 Å². The Hall–Kier alpha value is -6.04. The molecule has 2 aromatic rings. The molecule has 18 heteroatoms. The zero-order chi connectivity index (χ0) is 46.2. The highest BCUT2D eigenvalue weighted by Crippen LogP contribution is 2.23. The summed E-state index contributed by atoms with van der Waals surface area (Å²) in [4.78, 5) is 105. The standard InChI is InChI=1S/C25H39N5O8.C10H13N3O2.C7H8.C2H6/c1-16-23(34)30-12-6-8-19(30)25(36)38-14-10-20(31)29-11-5-7-18(29)24(35)28(4)17(22(33)26-16)9-13-37-21(32)15-27(2)3;1-11-9(14)7-12-10(15)13-8-5-3-2-4-6-8;1-7-5-3-2-4-6-7;1-2/h16-19H,5-15H2,1-4H3,(H,26,33);2-6H,7H2,1H3,(H,11,14)(H2,12,13,15);2-6H,1H3;1-2H3. The molecule has 4 unspecified atom stereocenters. The average molecular weight is 867 g/mol. The summed E-state index contributed by atoms with van der Waals surface area (Å²) in [7, 11) is 6.43. The Morgan fingerprint density at radius 1 is 0.871 bits per heavy atom. The van der Waals surface area contributed by atoms with Crippen LogP contribution in [0, 0.1) is 6.92 Å². The van der Waals surface area contributed by atoms with E-state index in [1.54, 1.807) is 31.1 Å². The highest BCUT2D eigenvalue weighted by molar-refractivity contribution is 5.96. The number of carbonyl (C=O) groups excluding carboxylic acids is 8. The number of nitrogens with zero attached hydrogens (tertiary/aromatic N) is 4. The van der Waals surface area contributed by atoms with Gasteiger partial charge in [-0.3, -0.25) is 33.7 Å². The first-order valence-electron chi connectivity index (χ1n) is 21.1. The fraction of sp³-hybridized carbons (Fsp3) is 0.545. The van der Waals surface area contributed by atoms with Gasteiger partial charge in [-0.2, -0.15) is 0 Å². The molecule has 3 saturated heterocycles. The summed E-state index contributed by atoms with van der Waals surface area (Å²) >= 11 is 0. The molecule has 3 aliphatic heterocycles. The third-order valence-corrected chi connectivity index (χ3v) is 9.83. The summed E-state index contributed by atoms with van der Waals surface area (Å²) in [5.41, 5.74) is 2.01. The number of para-hydroxylation sites is 1. The molecule has 4 atom stereocenters. The molecule has 0 aromatic heterocycles. The Bertz CT molecular complexity index is 1760. The lowest BCUT2D eigenvalue weighted by Gasteiger charge is -2.34. The topological polar surface area (TPSA) is 216 Å². The Morgan fingerprint density at radius 3 is 2.05 bits per heavy atom. The molecule has 18 nitrogen and oxygen atoms in total. The van der Waals surface area contributed by atoms with Crippen LogP contribution in [0.1, 0.15) is 64.9 Å². The molecule has 3 heterocycles. The molecule has 2 aromatic carbocycles. The summed E-state index contributed by atoms with van der Waals surface area (Å²) in [5.74, 6) is -3.06. The van der Waals surface area contributed by atoms with E-state index in [9.17, 15) is 38.4 Å². The fourth-order valence-corrected chi connectivity index (χ4v) is 6.65.